The summed E-state index contributed by atoms with van der Waals surface area (Å²) < 4.78 is 35.0. The van der Waals surface area contributed by atoms with E-state index in [-0.39, 0.29) is 12.3 Å². The van der Waals surface area contributed by atoms with Crippen LogP contribution in [0.5, 0.6) is 5.75 Å². The minimum atomic E-state index is -2.87. The van der Waals surface area contributed by atoms with E-state index in [4.69, 9.17) is 4.52 Å². The van der Waals surface area contributed by atoms with Gasteiger partial charge in [0.25, 0.3) is 0 Å². The fourth-order valence-corrected chi connectivity index (χ4v) is 2.83. The Morgan fingerprint density at radius 2 is 1.93 bits per heavy atom. The van der Waals surface area contributed by atoms with Crippen molar-refractivity contribution in [3.05, 3.63) is 47.3 Å². The van der Waals surface area contributed by atoms with Crippen LogP contribution in [0, 0.1) is 0 Å². The normalized spacial score (nSPS) is 11.9. The first kappa shape index (κ1) is 21.7. The number of para-hydroxylation sites is 1. The number of halogens is 2. The van der Waals surface area contributed by atoms with Crippen LogP contribution in [0.3, 0.4) is 0 Å². The number of guanidine groups is 1. The fraction of sp³-hybridized carbons (Fsp3) is 0.500. The van der Waals surface area contributed by atoms with Gasteiger partial charge in [-0.2, -0.15) is 8.78 Å². The lowest BCUT2D eigenvalue weighted by atomic mass is 9.99. The van der Waals surface area contributed by atoms with Crippen LogP contribution in [-0.4, -0.2) is 24.3 Å². The molecule has 0 saturated carbocycles. The van der Waals surface area contributed by atoms with Crippen molar-refractivity contribution in [3.63, 3.8) is 0 Å². The Bertz CT molecular complexity index is 745. The number of rotatable bonds is 10. The van der Waals surface area contributed by atoms with Gasteiger partial charge in [0.1, 0.15) is 5.75 Å². The predicted octanol–water partition coefficient (Wildman–Crippen LogP) is 4.43. The van der Waals surface area contributed by atoms with Crippen molar-refractivity contribution in [2.45, 2.75) is 59.2 Å². The SMILES string of the molecule is CCNC(=NCc1ccccc1OC(F)F)NCc1cc(C(CC)CC)no1. The molecule has 0 unspecified atom stereocenters. The van der Waals surface area contributed by atoms with Crippen LogP contribution in [0.15, 0.2) is 39.8 Å². The number of aromatic nitrogens is 1. The van der Waals surface area contributed by atoms with Crippen LogP contribution >= 0.6 is 0 Å². The monoisotopic (exact) mass is 394 g/mol. The summed E-state index contributed by atoms with van der Waals surface area (Å²) in [6, 6.07) is 8.58. The van der Waals surface area contributed by atoms with Gasteiger partial charge in [-0.1, -0.05) is 37.2 Å². The van der Waals surface area contributed by atoms with Crippen LogP contribution in [0.4, 0.5) is 8.78 Å². The molecular weight excluding hydrogens is 366 g/mol. The van der Waals surface area contributed by atoms with E-state index in [1.165, 1.54) is 6.07 Å². The summed E-state index contributed by atoms with van der Waals surface area (Å²) in [4.78, 5) is 4.45. The zero-order chi connectivity index (χ0) is 20.4. The van der Waals surface area contributed by atoms with E-state index in [0.717, 1.165) is 18.5 Å². The number of benzene rings is 1. The maximum Gasteiger partial charge on any atom is 0.387 e. The molecule has 154 valence electrons. The molecule has 2 aromatic rings. The Labute approximate surface area is 164 Å². The minimum Gasteiger partial charge on any atom is -0.434 e. The highest BCUT2D eigenvalue weighted by Crippen LogP contribution is 2.22. The molecule has 1 aromatic carbocycles. The molecule has 2 N–H and O–H groups in total. The Morgan fingerprint density at radius 1 is 1.18 bits per heavy atom. The fourth-order valence-electron chi connectivity index (χ4n) is 2.83. The molecule has 0 radical (unpaired) electrons. The first-order valence-electron chi connectivity index (χ1n) is 9.57. The second-order valence-electron chi connectivity index (χ2n) is 6.27. The third-order valence-electron chi connectivity index (χ3n) is 4.35. The molecule has 0 bridgehead atoms. The Hall–Kier alpha value is -2.64. The summed E-state index contributed by atoms with van der Waals surface area (Å²) >= 11 is 0. The van der Waals surface area contributed by atoms with Crippen LogP contribution in [0.2, 0.25) is 0 Å². The quantitative estimate of drug-likeness (QED) is 0.461. The van der Waals surface area contributed by atoms with Gasteiger partial charge in [-0.3, -0.25) is 0 Å². The zero-order valence-electron chi connectivity index (χ0n) is 16.5. The Kier molecular flexibility index (Phi) is 8.71. The van der Waals surface area contributed by atoms with E-state index in [2.05, 4.69) is 39.4 Å². The maximum absolute atomic E-state index is 12.5. The van der Waals surface area contributed by atoms with Crippen LogP contribution < -0.4 is 15.4 Å². The van der Waals surface area contributed by atoms with Crippen LogP contribution in [0.1, 0.15) is 56.5 Å². The second kappa shape index (κ2) is 11.3. The number of aliphatic imine (C=N–C) groups is 1. The molecule has 8 heteroatoms. The highest BCUT2D eigenvalue weighted by molar-refractivity contribution is 5.79. The molecule has 28 heavy (non-hydrogen) atoms. The van der Waals surface area contributed by atoms with Crippen molar-refractivity contribution >= 4 is 5.96 Å². The molecule has 0 spiro atoms. The highest BCUT2D eigenvalue weighted by atomic mass is 19.3. The number of nitrogens with zero attached hydrogens (tertiary/aromatic N) is 2. The summed E-state index contributed by atoms with van der Waals surface area (Å²) in [6.07, 6.45) is 2.03. The molecule has 1 aromatic heterocycles. The van der Waals surface area contributed by atoms with Gasteiger partial charge in [0.15, 0.2) is 11.7 Å². The van der Waals surface area contributed by atoms with Gasteiger partial charge in [-0.25, -0.2) is 4.99 Å². The molecule has 6 nitrogen and oxygen atoms in total. The molecule has 0 aliphatic rings. The van der Waals surface area contributed by atoms with Crippen LogP contribution in [0.25, 0.3) is 0 Å². The van der Waals surface area contributed by atoms with Crippen molar-refractivity contribution in [2.75, 3.05) is 6.54 Å². The second-order valence-corrected chi connectivity index (χ2v) is 6.27. The molecular formula is C20H28F2N4O2. The predicted molar refractivity (Wildman–Crippen MR) is 105 cm³/mol. The van der Waals surface area contributed by atoms with E-state index < -0.39 is 6.61 Å². The largest absolute Gasteiger partial charge is 0.434 e. The van der Waals surface area contributed by atoms with Crippen molar-refractivity contribution in [1.29, 1.82) is 0 Å². The molecule has 0 saturated heterocycles. The number of hydrogen-bond donors (Lipinski definition) is 2. The molecule has 0 amide bonds. The smallest absolute Gasteiger partial charge is 0.387 e. The number of alkyl halides is 2. The molecule has 0 aliphatic carbocycles. The van der Waals surface area contributed by atoms with Crippen LogP contribution in [-0.2, 0) is 13.1 Å². The van der Waals surface area contributed by atoms with E-state index in [9.17, 15) is 8.78 Å². The standard InChI is InChI=1S/C20H28F2N4O2/c1-4-14(5-2)17-11-16(28-26-17)13-25-20(23-6-3)24-12-15-9-7-8-10-18(15)27-19(21)22/h7-11,14,19H,4-6,12-13H2,1-3H3,(H2,23,24,25). The molecule has 1 heterocycles. The lowest BCUT2D eigenvalue weighted by molar-refractivity contribution is -0.0504. The topological polar surface area (TPSA) is 71.7 Å². The first-order chi connectivity index (χ1) is 13.6. The molecule has 0 fully saturated rings. The number of nitrogens with one attached hydrogen (secondary N) is 2. The van der Waals surface area contributed by atoms with Crippen molar-refractivity contribution in [3.8, 4) is 5.75 Å². The van der Waals surface area contributed by atoms with E-state index >= 15 is 0 Å². The molecule has 0 atom stereocenters. The first-order valence-corrected chi connectivity index (χ1v) is 9.57. The zero-order valence-corrected chi connectivity index (χ0v) is 16.5. The van der Waals surface area contributed by atoms with Crippen molar-refractivity contribution in [1.82, 2.24) is 15.8 Å². The third kappa shape index (κ3) is 6.51. The van der Waals surface area contributed by atoms with Gasteiger partial charge in [0.05, 0.1) is 18.8 Å². The van der Waals surface area contributed by atoms with Gasteiger partial charge >= 0.3 is 6.61 Å². The van der Waals surface area contributed by atoms with Crippen molar-refractivity contribution < 1.29 is 18.0 Å². The average molecular weight is 394 g/mol. The van der Waals surface area contributed by atoms with Gasteiger partial charge in [0.2, 0.25) is 0 Å². The Morgan fingerprint density at radius 3 is 2.61 bits per heavy atom. The van der Waals surface area contributed by atoms with Crippen molar-refractivity contribution in [2.24, 2.45) is 4.99 Å². The van der Waals surface area contributed by atoms with Gasteiger partial charge in [0, 0.05) is 24.1 Å². The molecule has 2 rings (SSSR count). The summed E-state index contributed by atoms with van der Waals surface area (Å²) in [5, 5.41) is 10.4. The summed E-state index contributed by atoms with van der Waals surface area (Å²) in [5.41, 5.74) is 1.54. The Balaban J connectivity index is 2.01. The maximum atomic E-state index is 12.5. The minimum absolute atomic E-state index is 0.127. The van der Waals surface area contributed by atoms with E-state index in [0.29, 0.717) is 36.3 Å². The summed E-state index contributed by atoms with van der Waals surface area (Å²) in [6.45, 7) is 4.63. The number of ether oxygens (including phenoxy) is 1. The highest BCUT2D eigenvalue weighted by Gasteiger charge is 2.13. The average Bonchev–Trinajstić information content (AvgIpc) is 3.14. The lowest BCUT2D eigenvalue weighted by Gasteiger charge is -2.12. The summed E-state index contributed by atoms with van der Waals surface area (Å²) in [5.74, 6) is 1.79. The van der Waals surface area contributed by atoms with Gasteiger partial charge < -0.3 is 19.9 Å². The lowest BCUT2D eigenvalue weighted by Crippen LogP contribution is -2.36. The number of hydrogen-bond acceptors (Lipinski definition) is 4. The van der Waals surface area contributed by atoms with E-state index in [1.54, 1.807) is 18.2 Å². The van der Waals surface area contributed by atoms with E-state index in [1.807, 2.05) is 13.0 Å². The van der Waals surface area contributed by atoms with Gasteiger partial charge in [-0.05, 0) is 25.8 Å². The molecule has 0 aliphatic heterocycles. The van der Waals surface area contributed by atoms with Gasteiger partial charge in [-0.15, -0.1) is 0 Å². The third-order valence-corrected chi connectivity index (χ3v) is 4.35. The summed E-state index contributed by atoms with van der Waals surface area (Å²) in [7, 11) is 0.